The summed E-state index contributed by atoms with van der Waals surface area (Å²) in [6.07, 6.45) is 1.15. The van der Waals surface area contributed by atoms with Crippen LogP contribution >= 0.6 is 0 Å². The molecule has 0 fully saturated rings. The van der Waals surface area contributed by atoms with Crippen molar-refractivity contribution in [1.29, 1.82) is 0 Å². The Balaban J connectivity index is 2.01. The number of aryl methyl sites for hydroxylation is 1. The van der Waals surface area contributed by atoms with Crippen LogP contribution in [0, 0.1) is 6.92 Å². The van der Waals surface area contributed by atoms with Crippen molar-refractivity contribution in [3.8, 4) is 17.2 Å². The van der Waals surface area contributed by atoms with Crippen LogP contribution in [0.1, 0.15) is 24.5 Å². The SMILES string of the molecule is CCCNCc1ccc(Oc2ccc(OC)cc2)cc1C. The lowest BCUT2D eigenvalue weighted by Crippen LogP contribution is -2.14. The number of methoxy groups -OCH3 is 1. The normalized spacial score (nSPS) is 10.4. The van der Waals surface area contributed by atoms with Crippen LogP contribution < -0.4 is 14.8 Å². The van der Waals surface area contributed by atoms with Gasteiger partial charge in [-0.3, -0.25) is 0 Å². The van der Waals surface area contributed by atoms with Gasteiger partial charge in [0.1, 0.15) is 17.2 Å². The molecule has 0 unspecified atom stereocenters. The summed E-state index contributed by atoms with van der Waals surface area (Å²) in [7, 11) is 1.66. The van der Waals surface area contributed by atoms with E-state index in [-0.39, 0.29) is 0 Å². The maximum atomic E-state index is 5.86. The molecular formula is C18H23NO2. The predicted octanol–water partition coefficient (Wildman–Crippen LogP) is 4.30. The molecule has 2 aromatic rings. The highest BCUT2D eigenvalue weighted by Gasteiger charge is 2.02. The van der Waals surface area contributed by atoms with Crippen LogP contribution in [0.2, 0.25) is 0 Å². The van der Waals surface area contributed by atoms with Crippen molar-refractivity contribution < 1.29 is 9.47 Å². The molecule has 0 aliphatic rings. The molecule has 3 nitrogen and oxygen atoms in total. The fraction of sp³-hybridized carbons (Fsp3) is 0.333. The van der Waals surface area contributed by atoms with Gasteiger partial charge in [0, 0.05) is 6.54 Å². The Morgan fingerprint density at radius 1 is 0.952 bits per heavy atom. The average molecular weight is 285 g/mol. The van der Waals surface area contributed by atoms with Gasteiger partial charge in [0.15, 0.2) is 0 Å². The second kappa shape index (κ2) is 7.70. The Morgan fingerprint density at radius 2 is 1.62 bits per heavy atom. The molecule has 3 heteroatoms. The molecule has 112 valence electrons. The molecule has 0 aromatic heterocycles. The van der Waals surface area contributed by atoms with Crippen molar-refractivity contribution in [1.82, 2.24) is 5.32 Å². The van der Waals surface area contributed by atoms with Gasteiger partial charge in [-0.25, -0.2) is 0 Å². The highest BCUT2D eigenvalue weighted by atomic mass is 16.5. The monoisotopic (exact) mass is 285 g/mol. The summed E-state index contributed by atoms with van der Waals surface area (Å²) in [5.41, 5.74) is 2.55. The molecule has 0 saturated carbocycles. The molecule has 2 aromatic carbocycles. The Morgan fingerprint density at radius 3 is 2.24 bits per heavy atom. The van der Waals surface area contributed by atoms with Gasteiger partial charge in [0.25, 0.3) is 0 Å². The van der Waals surface area contributed by atoms with Crippen LogP contribution in [0.3, 0.4) is 0 Å². The Kier molecular flexibility index (Phi) is 5.64. The molecular weight excluding hydrogens is 262 g/mol. The molecule has 0 radical (unpaired) electrons. The first kappa shape index (κ1) is 15.4. The largest absolute Gasteiger partial charge is 0.497 e. The lowest BCUT2D eigenvalue weighted by molar-refractivity contribution is 0.413. The summed E-state index contributed by atoms with van der Waals surface area (Å²) in [5, 5.41) is 3.42. The van der Waals surface area contributed by atoms with Gasteiger partial charge >= 0.3 is 0 Å². The summed E-state index contributed by atoms with van der Waals surface area (Å²) in [6.45, 7) is 6.24. The minimum absolute atomic E-state index is 0.812. The number of hydrogen-bond donors (Lipinski definition) is 1. The molecule has 0 aliphatic heterocycles. The first-order chi connectivity index (χ1) is 10.2. The fourth-order valence-corrected chi connectivity index (χ4v) is 2.11. The second-order valence-corrected chi connectivity index (χ2v) is 5.04. The molecule has 0 atom stereocenters. The molecule has 1 N–H and O–H groups in total. The van der Waals surface area contributed by atoms with Crippen molar-refractivity contribution in [3.05, 3.63) is 53.6 Å². The van der Waals surface area contributed by atoms with Crippen LogP contribution in [-0.4, -0.2) is 13.7 Å². The smallest absolute Gasteiger partial charge is 0.127 e. The Hall–Kier alpha value is -2.00. The van der Waals surface area contributed by atoms with Gasteiger partial charge in [-0.2, -0.15) is 0 Å². The molecule has 0 spiro atoms. The van der Waals surface area contributed by atoms with Crippen molar-refractivity contribution in [3.63, 3.8) is 0 Å². The lowest BCUT2D eigenvalue weighted by atomic mass is 10.1. The first-order valence-electron chi connectivity index (χ1n) is 7.35. The van der Waals surface area contributed by atoms with E-state index in [4.69, 9.17) is 9.47 Å². The zero-order valence-electron chi connectivity index (χ0n) is 13.0. The maximum absolute atomic E-state index is 5.86. The van der Waals surface area contributed by atoms with Crippen LogP contribution in [0.25, 0.3) is 0 Å². The van der Waals surface area contributed by atoms with E-state index in [1.165, 1.54) is 11.1 Å². The third kappa shape index (κ3) is 4.50. The fourth-order valence-electron chi connectivity index (χ4n) is 2.11. The first-order valence-corrected chi connectivity index (χ1v) is 7.35. The van der Waals surface area contributed by atoms with E-state index < -0.39 is 0 Å². The van der Waals surface area contributed by atoms with E-state index in [9.17, 15) is 0 Å². The average Bonchev–Trinajstić information content (AvgIpc) is 2.50. The minimum atomic E-state index is 0.812. The number of ether oxygens (including phenoxy) is 2. The van der Waals surface area contributed by atoms with Crippen LogP contribution in [0.4, 0.5) is 0 Å². The molecule has 0 heterocycles. The lowest BCUT2D eigenvalue weighted by Gasteiger charge is -2.11. The van der Waals surface area contributed by atoms with E-state index >= 15 is 0 Å². The van der Waals surface area contributed by atoms with Gasteiger partial charge in [-0.15, -0.1) is 0 Å². The van der Waals surface area contributed by atoms with Crippen molar-refractivity contribution >= 4 is 0 Å². The summed E-state index contributed by atoms with van der Waals surface area (Å²) in [5.74, 6) is 2.50. The van der Waals surface area contributed by atoms with Crippen LogP contribution in [-0.2, 0) is 6.54 Å². The molecule has 2 rings (SSSR count). The minimum Gasteiger partial charge on any atom is -0.497 e. The van der Waals surface area contributed by atoms with Crippen LogP contribution in [0.15, 0.2) is 42.5 Å². The molecule has 0 bridgehead atoms. The van der Waals surface area contributed by atoms with Gasteiger partial charge in [0.2, 0.25) is 0 Å². The van der Waals surface area contributed by atoms with E-state index in [2.05, 4.69) is 31.3 Å². The highest BCUT2D eigenvalue weighted by molar-refractivity contribution is 5.39. The molecule has 0 aliphatic carbocycles. The number of rotatable bonds is 7. The molecule has 21 heavy (non-hydrogen) atoms. The van der Waals surface area contributed by atoms with E-state index in [0.29, 0.717) is 0 Å². The maximum Gasteiger partial charge on any atom is 0.127 e. The Bertz CT molecular complexity index is 564. The van der Waals surface area contributed by atoms with Crippen molar-refractivity contribution in [2.45, 2.75) is 26.8 Å². The zero-order chi connectivity index (χ0) is 15.1. The predicted molar refractivity (Wildman–Crippen MR) is 86.2 cm³/mol. The van der Waals surface area contributed by atoms with Gasteiger partial charge in [0.05, 0.1) is 7.11 Å². The van der Waals surface area contributed by atoms with E-state index in [1.807, 2.05) is 30.3 Å². The standard InChI is InChI=1S/C18H23NO2/c1-4-11-19-13-15-5-6-18(12-14(15)2)21-17-9-7-16(20-3)8-10-17/h5-10,12,19H,4,11,13H2,1-3H3. The zero-order valence-corrected chi connectivity index (χ0v) is 13.0. The number of hydrogen-bond acceptors (Lipinski definition) is 3. The third-order valence-electron chi connectivity index (χ3n) is 3.35. The summed E-state index contributed by atoms with van der Waals surface area (Å²) in [4.78, 5) is 0. The molecule has 0 saturated heterocycles. The van der Waals surface area contributed by atoms with Crippen molar-refractivity contribution in [2.24, 2.45) is 0 Å². The Labute approximate surface area is 126 Å². The highest BCUT2D eigenvalue weighted by Crippen LogP contribution is 2.25. The quantitative estimate of drug-likeness (QED) is 0.770. The summed E-state index contributed by atoms with van der Waals surface area (Å²) >= 11 is 0. The van der Waals surface area contributed by atoms with Gasteiger partial charge < -0.3 is 14.8 Å². The van der Waals surface area contributed by atoms with Crippen molar-refractivity contribution in [2.75, 3.05) is 13.7 Å². The van der Waals surface area contributed by atoms with Crippen LogP contribution in [0.5, 0.6) is 17.2 Å². The van der Waals surface area contributed by atoms with Gasteiger partial charge in [-0.1, -0.05) is 13.0 Å². The van der Waals surface area contributed by atoms with Gasteiger partial charge in [-0.05, 0) is 67.4 Å². The topological polar surface area (TPSA) is 30.5 Å². The van der Waals surface area contributed by atoms with E-state index in [1.54, 1.807) is 7.11 Å². The summed E-state index contributed by atoms with van der Waals surface area (Å²) in [6, 6.07) is 13.8. The van der Waals surface area contributed by atoms with E-state index in [0.717, 1.165) is 36.8 Å². The third-order valence-corrected chi connectivity index (χ3v) is 3.35. The summed E-state index contributed by atoms with van der Waals surface area (Å²) < 4.78 is 11.0. The number of nitrogens with one attached hydrogen (secondary N) is 1. The second-order valence-electron chi connectivity index (χ2n) is 5.04. The number of benzene rings is 2. The molecule has 0 amide bonds.